The third-order valence-corrected chi connectivity index (χ3v) is 2.95. The van der Waals surface area contributed by atoms with Crippen molar-refractivity contribution in [2.45, 2.75) is 6.92 Å². The number of aliphatic imine (C=N–C) groups is 1. The minimum Gasteiger partial charge on any atom is -0.506 e. The van der Waals surface area contributed by atoms with E-state index in [4.69, 9.17) is 33.9 Å². The number of nitrogens with two attached hydrogens (primary N) is 3. The molecule has 110 valence electrons. The smallest absolute Gasteiger partial charge is 0.144 e. The van der Waals surface area contributed by atoms with Gasteiger partial charge in [0.15, 0.2) is 0 Å². The van der Waals surface area contributed by atoms with Crippen LogP contribution in [0.5, 0.6) is 5.75 Å². The lowest BCUT2D eigenvalue weighted by Gasteiger charge is -2.15. The number of phenols is 1. The standard InChI is InChI=1S/C12H18ClN5O2/c1-6-4-7(10(15)9(13)11(6)20)18-8(5-14)12(16)17-2-3-19/h4-5,18-20H,2-3,14-15H2,1H3,(H2,16,17). The number of aliphatic hydroxyl groups excluding tert-OH is 1. The Hall–Kier alpha value is -2.12. The van der Waals surface area contributed by atoms with Crippen molar-refractivity contribution in [2.24, 2.45) is 16.5 Å². The number of anilines is 2. The van der Waals surface area contributed by atoms with Gasteiger partial charge in [0, 0.05) is 6.20 Å². The molecule has 0 aliphatic rings. The largest absolute Gasteiger partial charge is 0.506 e. The Labute approximate surface area is 121 Å². The number of rotatable bonds is 5. The van der Waals surface area contributed by atoms with Crippen molar-refractivity contribution >= 4 is 28.8 Å². The quantitative estimate of drug-likeness (QED) is 0.202. The Morgan fingerprint density at radius 3 is 2.75 bits per heavy atom. The Bertz CT molecular complexity index is 557. The van der Waals surface area contributed by atoms with Crippen LogP contribution in [0.25, 0.3) is 0 Å². The number of aromatic hydroxyl groups is 1. The Morgan fingerprint density at radius 2 is 2.20 bits per heavy atom. The molecule has 0 unspecified atom stereocenters. The number of nitrogen functional groups attached to an aromatic ring is 1. The SMILES string of the molecule is Cc1cc(NC(=CN)C(N)=NCCO)c(N)c(Cl)c1O. The van der Waals surface area contributed by atoms with Crippen molar-refractivity contribution in [1.82, 2.24) is 0 Å². The molecular weight excluding hydrogens is 282 g/mol. The van der Waals surface area contributed by atoms with Crippen molar-refractivity contribution in [3.05, 3.63) is 28.5 Å². The van der Waals surface area contributed by atoms with Gasteiger partial charge in [0.2, 0.25) is 0 Å². The molecule has 8 heteroatoms. The van der Waals surface area contributed by atoms with Crippen LogP contribution in [0.1, 0.15) is 5.56 Å². The van der Waals surface area contributed by atoms with Gasteiger partial charge in [-0.15, -0.1) is 0 Å². The van der Waals surface area contributed by atoms with Gasteiger partial charge >= 0.3 is 0 Å². The lowest BCUT2D eigenvalue weighted by molar-refractivity contribution is 0.307. The lowest BCUT2D eigenvalue weighted by atomic mass is 10.1. The lowest BCUT2D eigenvalue weighted by Crippen LogP contribution is -2.23. The van der Waals surface area contributed by atoms with Crippen LogP contribution in [0, 0.1) is 6.92 Å². The summed E-state index contributed by atoms with van der Waals surface area (Å²) in [6.07, 6.45) is 1.23. The van der Waals surface area contributed by atoms with Crippen LogP contribution in [0.3, 0.4) is 0 Å². The number of aliphatic hydroxyl groups is 1. The molecule has 0 bridgehead atoms. The van der Waals surface area contributed by atoms with Crippen molar-refractivity contribution in [2.75, 3.05) is 24.2 Å². The van der Waals surface area contributed by atoms with Gasteiger partial charge in [-0.25, -0.2) is 0 Å². The number of hydrogen-bond donors (Lipinski definition) is 6. The molecule has 0 spiro atoms. The number of amidine groups is 1. The van der Waals surface area contributed by atoms with E-state index in [-0.39, 0.29) is 35.4 Å². The fraction of sp³-hybridized carbons (Fsp3) is 0.250. The second kappa shape index (κ2) is 6.88. The van der Waals surface area contributed by atoms with Crippen molar-refractivity contribution in [3.8, 4) is 5.75 Å². The average Bonchev–Trinajstić information content (AvgIpc) is 2.44. The molecule has 0 saturated carbocycles. The van der Waals surface area contributed by atoms with E-state index in [2.05, 4.69) is 10.3 Å². The van der Waals surface area contributed by atoms with E-state index < -0.39 is 0 Å². The van der Waals surface area contributed by atoms with Gasteiger partial charge in [0.1, 0.15) is 16.6 Å². The summed E-state index contributed by atoms with van der Waals surface area (Å²) in [5.74, 6) is 0.0534. The molecule has 0 aliphatic carbocycles. The highest BCUT2D eigenvalue weighted by Gasteiger charge is 2.13. The summed E-state index contributed by atoms with van der Waals surface area (Å²) >= 11 is 5.92. The topological polar surface area (TPSA) is 143 Å². The van der Waals surface area contributed by atoms with E-state index in [1.165, 1.54) is 6.20 Å². The summed E-state index contributed by atoms with van der Waals surface area (Å²) in [5, 5.41) is 21.3. The predicted octanol–water partition coefficient (Wildman–Crippen LogP) is 0.498. The summed E-state index contributed by atoms with van der Waals surface area (Å²) in [7, 11) is 0. The monoisotopic (exact) mass is 299 g/mol. The van der Waals surface area contributed by atoms with Crippen LogP contribution in [0.4, 0.5) is 11.4 Å². The maximum Gasteiger partial charge on any atom is 0.144 e. The van der Waals surface area contributed by atoms with Gasteiger partial charge in [-0.3, -0.25) is 4.99 Å². The van der Waals surface area contributed by atoms with E-state index in [9.17, 15) is 5.11 Å². The molecule has 0 aliphatic heterocycles. The first kappa shape index (κ1) is 15.9. The van der Waals surface area contributed by atoms with E-state index in [1.807, 2.05) is 0 Å². The number of benzene rings is 1. The molecule has 1 aromatic rings. The molecule has 1 aromatic carbocycles. The minimum atomic E-state index is -0.120. The average molecular weight is 300 g/mol. The second-order valence-corrected chi connectivity index (χ2v) is 4.39. The van der Waals surface area contributed by atoms with Crippen LogP contribution in [0.2, 0.25) is 5.02 Å². The molecule has 9 N–H and O–H groups in total. The molecule has 7 nitrogen and oxygen atoms in total. The molecule has 0 amide bonds. The first-order chi connectivity index (χ1) is 9.42. The van der Waals surface area contributed by atoms with E-state index >= 15 is 0 Å². The van der Waals surface area contributed by atoms with Gasteiger partial charge in [-0.2, -0.15) is 0 Å². The number of phenolic OH excluding ortho intramolecular Hbond substituents is 1. The number of aryl methyl sites for hydroxylation is 1. The zero-order valence-electron chi connectivity index (χ0n) is 11.0. The number of nitrogens with one attached hydrogen (secondary N) is 1. The van der Waals surface area contributed by atoms with E-state index in [0.717, 1.165) is 0 Å². The maximum atomic E-state index is 9.67. The first-order valence-corrected chi connectivity index (χ1v) is 6.17. The molecule has 0 saturated heterocycles. The number of halogens is 1. The Kier molecular flexibility index (Phi) is 5.48. The highest BCUT2D eigenvalue weighted by Crippen LogP contribution is 2.38. The Morgan fingerprint density at radius 1 is 1.55 bits per heavy atom. The first-order valence-electron chi connectivity index (χ1n) is 5.80. The molecule has 0 heterocycles. The molecule has 0 fully saturated rings. The number of nitrogens with zero attached hydrogens (tertiary/aromatic N) is 1. The molecule has 0 aromatic heterocycles. The fourth-order valence-corrected chi connectivity index (χ4v) is 1.73. The fourth-order valence-electron chi connectivity index (χ4n) is 1.48. The van der Waals surface area contributed by atoms with Gasteiger partial charge < -0.3 is 32.7 Å². The normalized spacial score (nSPS) is 12.6. The zero-order chi connectivity index (χ0) is 15.3. The van der Waals surface area contributed by atoms with Gasteiger partial charge in [0.25, 0.3) is 0 Å². The summed E-state index contributed by atoms with van der Waals surface area (Å²) < 4.78 is 0. The minimum absolute atomic E-state index is 0.0507. The van der Waals surface area contributed by atoms with Crippen molar-refractivity contribution in [3.63, 3.8) is 0 Å². The van der Waals surface area contributed by atoms with Crippen LogP contribution in [0.15, 0.2) is 23.0 Å². The molecule has 0 atom stereocenters. The second-order valence-electron chi connectivity index (χ2n) is 4.01. The zero-order valence-corrected chi connectivity index (χ0v) is 11.8. The number of hydrogen-bond acceptors (Lipinski definition) is 6. The molecular formula is C12H18ClN5O2. The van der Waals surface area contributed by atoms with E-state index in [0.29, 0.717) is 16.9 Å². The predicted molar refractivity (Wildman–Crippen MR) is 81.7 cm³/mol. The molecule has 1 rings (SSSR count). The summed E-state index contributed by atoms with van der Waals surface area (Å²) in [6, 6.07) is 1.61. The third kappa shape index (κ3) is 3.46. The molecule has 20 heavy (non-hydrogen) atoms. The highest BCUT2D eigenvalue weighted by molar-refractivity contribution is 6.35. The van der Waals surface area contributed by atoms with Crippen molar-refractivity contribution in [1.29, 1.82) is 0 Å². The van der Waals surface area contributed by atoms with E-state index in [1.54, 1.807) is 13.0 Å². The maximum absolute atomic E-state index is 9.67. The third-order valence-electron chi connectivity index (χ3n) is 2.56. The Balaban J connectivity index is 3.09. The van der Waals surface area contributed by atoms with Gasteiger partial charge in [0.05, 0.1) is 30.2 Å². The summed E-state index contributed by atoms with van der Waals surface area (Å²) in [6.45, 7) is 1.72. The van der Waals surface area contributed by atoms with Crippen LogP contribution >= 0.6 is 11.6 Å². The van der Waals surface area contributed by atoms with Gasteiger partial charge in [-0.05, 0) is 18.6 Å². The van der Waals surface area contributed by atoms with Crippen LogP contribution in [-0.4, -0.2) is 29.2 Å². The van der Waals surface area contributed by atoms with Gasteiger partial charge in [-0.1, -0.05) is 11.6 Å². The molecule has 0 radical (unpaired) electrons. The van der Waals surface area contributed by atoms with Crippen LogP contribution < -0.4 is 22.5 Å². The summed E-state index contributed by atoms with van der Waals surface area (Å²) in [4.78, 5) is 3.91. The summed E-state index contributed by atoms with van der Waals surface area (Å²) in [5.41, 5.74) is 18.5. The van der Waals surface area contributed by atoms with Crippen molar-refractivity contribution < 1.29 is 10.2 Å². The van der Waals surface area contributed by atoms with Crippen LogP contribution in [-0.2, 0) is 0 Å². The highest BCUT2D eigenvalue weighted by atomic mass is 35.5.